The molecule has 2 heterocycles. The van der Waals surface area contributed by atoms with Gasteiger partial charge in [-0.3, -0.25) is 9.59 Å². The lowest BCUT2D eigenvalue weighted by molar-refractivity contribution is -0.162. The summed E-state index contributed by atoms with van der Waals surface area (Å²) in [5.41, 5.74) is 0. The Kier molecular flexibility index (Phi) is 4.76. The molecule has 2 amide bonds. The molecule has 0 radical (unpaired) electrons. The van der Waals surface area contributed by atoms with Crippen LogP contribution in [-0.2, 0) is 9.59 Å². The molecule has 2 rings (SSSR count). The fourth-order valence-corrected chi connectivity index (χ4v) is 3.39. The highest BCUT2D eigenvalue weighted by Crippen LogP contribution is 2.26. The average Bonchev–Trinajstić information content (AvgIpc) is 2.44. The van der Waals surface area contributed by atoms with E-state index >= 15 is 0 Å². The van der Waals surface area contributed by atoms with Gasteiger partial charge in [-0.15, -0.1) is 18.2 Å². The van der Waals surface area contributed by atoms with Gasteiger partial charge in [0.2, 0.25) is 11.8 Å². The van der Waals surface area contributed by atoms with Crippen LogP contribution in [0.2, 0.25) is 0 Å². The summed E-state index contributed by atoms with van der Waals surface area (Å²) in [6.45, 7) is 3.18. The minimum absolute atomic E-state index is 0.103. The van der Waals surface area contributed by atoms with E-state index in [0.717, 1.165) is 31.6 Å². The first-order chi connectivity index (χ1) is 9.16. The van der Waals surface area contributed by atoms with Crippen molar-refractivity contribution < 1.29 is 9.59 Å². The Morgan fingerprint density at radius 3 is 2.89 bits per heavy atom. The molecule has 0 aromatic carbocycles. The number of carbonyl (C=O) groups is 2. The van der Waals surface area contributed by atoms with Crippen molar-refractivity contribution in [2.24, 2.45) is 0 Å². The number of rotatable bonds is 4. The van der Waals surface area contributed by atoms with Crippen LogP contribution in [0.15, 0.2) is 0 Å². The molecule has 19 heavy (non-hydrogen) atoms. The maximum absolute atomic E-state index is 12.5. The second-order valence-corrected chi connectivity index (χ2v) is 6.11. The van der Waals surface area contributed by atoms with Gasteiger partial charge in [0.1, 0.15) is 12.1 Å². The van der Waals surface area contributed by atoms with Gasteiger partial charge in [-0.1, -0.05) is 5.92 Å². The molecule has 4 nitrogen and oxygen atoms in total. The monoisotopic (exact) mass is 280 g/mol. The molecule has 2 atom stereocenters. The van der Waals surface area contributed by atoms with E-state index in [-0.39, 0.29) is 23.9 Å². The standard InChI is InChI=1S/C14H20N2O2S/c1-3-9-19-10-8-15-11(2)13(17)16-7-5-4-6-12(16)14(15)18/h1,11-12H,4-10H2,2H3. The first kappa shape index (κ1) is 14.3. The van der Waals surface area contributed by atoms with Crippen molar-refractivity contribution >= 4 is 23.6 Å². The molecule has 0 aromatic rings. The van der Waals surface area contributed by atoms with Crippen LogP contribution in [-0.4, -0.2) is 58.3 Å². The van der Waals surface area contributed by atoms with Gasteiger partial charge in [0.25, 0.3) is 0 Å². The van der Waals surface area contributed by atoms with Crippen LogP contribution in [0.1, 0.15) is 26.2 Å². The lowest BCUT2D eigenvalue weighted by Gasteiger charge is -2.46. The molecule has 2 saturated heterocycles. The molecule has 0 aromatic heterocycles. The van der Waals surface area contributed by atoms with Crippen molar-refractivity contribution in [3.05, 3.63) is 0 Å². The van der Waals surface area contributed by atoms with Gasteiger partial charge in [-0.05, 0) is 26.2 Å². The second kappa shape index (κ2) is 6.33. The van der Waals surface area contributed by atoms with E-state index in [0.29, 0.717) is 12.3 Å². The molecule has 0 saturated carbocycles. The summed E-state index contributed by atoms with van der Waals surface area (Å²) in [5, 5.41) is 0. The SMILES string of the molecule is C#CCSCCN1C(=O)C2CCCCN2C(=O)C1C. The van der Waals surface area contributed by atoms with Crippen LogP contribution in [0, 0.1) is 12.3 Å². The number of amides is 2. The van der Waals surface area contributed by atoms with Crippen LogP contribution >= 0.6 is 11.8 Å². The molecule has 0 bridgehead atoms. The average molecular weight is 280 g/mol. The molecule has 104 valence electrons. The topological polar surface area (TPSA) is 40.6 Å². The highest BCUT2D eigenvalue weighted by Gasteiger charge is 2.44. The van der Waals surface area contributed by atoms with Crippen molar-refractivity contribution in [1.29, 1.82) is 0 Å². The first-order valence-corrected chi connectivity index (χ1v) is 7.94. The quantitative estimate of drug-likeness (QED) is 0.569. The lowest BCUT2D eigenvalue weighted by Crippen LogP contribution is -2.65. The fourth-order valence-electron chi connectivity index (χ4n) is 2.81. The zero-order valence-corrected chi connectivity index (χ0v) is 12.1. The van der Waals surface area contributed by atoms with E-state index in [1.807, 2.05) is 6.92 Å². The van der Waals surface area contributed by atoms with Gasteiger partial charge >= 0.3 is 0 Å². The van der Waals surface area contributed by atoms with Crippen LogP contribution < -0.4 is 0 Å². The predicted molar refractivity (Wildman–Crippen MR) is 76.7 cm³/mol. The van der Waals surface area contributed by atoms with Gasteiger partial charge in [-0.25, -0.2) is 0 Å². The van der Waals surface area contributed by atoms with Crippen LogP contribution in [0.3, 0.4) is 0 Å². The number of terminal acetylenes is 1. The van der Waals surface area contributed by atoms with Crippen LogP contribution in [0.4, 0.5) is 0 Å². The van der Waals surface area contributed by atoms with Crippen LogP contribution in [0.5, 0.6) is 0 Å². The molecule has 2 fully saturated rings. The summed E-state index contributed by atoms with van der Waals surface area (Å²) in [6, 6.07) is -0.539. The lowest BCUT2D eigenvalue weighted by atomic mass is 9.96. The highest BCUT2D eigenvalue weighted by atomic mass is 32.2. The number of thioether (sulfide) groups is 1. The number of hydrogen-bond acceptors (Lipinski definition) is 3. The minimum Gasteiger partial charge on any atom is -0.329 e. The number of piperidine rings is 1. The Morgan fingerprint density at radius 1 is 1.37 bits per heavy atom. The van der Waals surface area contributed by atoms with E-state index in [1.165, 1.54) is 0 Å². The van der Waals surface area contributed by atoms with Gasteiger partial charge in [0, 0.05) is 18.8 Å². The Bertz CT molecular complexity index is 405. The smallest absolute Gasteiger partial charge is 0.246 e. The molecule has 0 N–H and O–H groups in total. The fraction of sp³-hybridized carbons (Fsp3) is 0.714. The molecule has 5 heteroatoms. The van der Waals surface area contributed by atoms with E-state index in [9.17, 15) is 9.59 Å². The molecule has 2 aliphatic rings. The molecule has 0 spiro atoms. The molecule has 2 aliphatic heterocycles. The Hall–Kier alpha value is -1.15. The van der Waals surface area contributed by atoms with E-state index in [4.69, 9.17) is 6.42 Å². The highest BCUT2D eigenvalue weighted by molar-refractivity contribution is 7.99. The number of fused-ring (bicyclic) bond motifs is 1. The third kappa shape index (κ3) is 2.89. The Morgan fingerprint density at radius 2 is 2.16 bits per heavy atom. The second-order valence-electron chi connectivity index (χ2n) is 5.01. The van der Waals surface area contributed by atoms with Crippen molar-refractivity contribution in [1.82, 2.24) is 9.80 Å². The maximum atomic E-state index is 12.5. The van der Waals surface area contributed by atoms with Crippen molar-refractivity contribution in [2.45, 2.75) is 38.3 Å². The number of carbonyl (C=O) groups excluding carboxylic acids is 2. The zero-order valence-electron chi connectivity index (χ0n) is 11.3. The van der Waals surface area contributed by atoms with E-state index < -0.39 is 0 Å². The van der Waals surface area contributed by atoms with Crippen molar-refractivity contribution in [2.75, 3.05) is 24.6 Å². The van der Waals surface area contributed by atoms with Crippen LogP contribution in [0.25, 0.3) is 0 Å². The number of hydrogen-bond donors (Lipinski definition) is 0. The third-order valence-electron chi connectivity index (χ3n) is 3.84. The van der Waals surface area contributed by atoms with Gasteiger partial charge in [0.15, 0.2) is 0 Å². The van der Waals surface area contributed by atoms with Crippen molar-refractivity contribution in [3.8, 4) is 12.3 Å². The third-order valence-corrected chi connectivity index (χ3v) is 4.68. The van der Waals surface area contributed by atoms with E-state index in [1.54, 1.807) is 21.6 Å². The summed E-state index contributed by atoms with van der Waals surface area (Å²) in [7, 11) is 0. The summed E-state index contributed by atoms with van der Waals surface area (Å²) in [6.07, 6.45) is 8.06. The molecular formula is C14H20N2O2S. The summed E-state index contributed by atoms with van der Waals surface area (Å²) in [5.74, 6) is 4.23. The first-order valence-electron chi connectivity index (χ1n) is 6.79. The minimum atomic E-state index is -0.326. The summed E-state index contributed by atoms with van der Waals surface area (Å²) in [4.78, 5) is 28.3. The Balaban J connectivity index is 2.01. The molecular weight excluding hydrogens is 260 g/mol. The van der Waals surface area contributed by atoms with Crippen molar-refractivity contribution in [3.63, 3.8) is 0 Å². The van der Waals surface area contributed by atoms with Gasteiger partial charge in [0.05, 0.1) is 5.75 Å². The Labute approximate surface area is 118 Å². The number of piperazine rings is 1. The van der Waals surface area contributed by atoms with Gasteiger partial charge in [-0.2, -0.15) is 0 Å². The predicted octanol–water partition coefficient (Wildman–Crippen LogP) is 0.965. The summed E-state index contributed by atoms with van der Waals surface area (Å²) < 4.78 is 0. The van der Waals surface area contributed by atoms with E-state index in [2.05, 4.69) is 5.92 Å². The zero-order chi connectivity index (χ0) is 13.8. The van der Waals surface area contributed by atoms with Gasteiger partial charge < -0.3 is 9.80 Å². The summed E-state index contributed by atoms with van der Waals surface area (Å²) >= 11 is 1.63. The molecule has 0 aliphatic carbocycles. The molecule has 2 unspecified atom stereocenters. The normalized spacial score (nSPS) is 27.2. The number of nitrogens with zero attached hydrogens (tertiary/aromatic N) is 2. The maximum Gasteiger partial charge on any atom is 0.246 e. The largest absolute Gasteiger partial charge is 0.329 e.